The Morgan fingerprint density at radius 2 is 1.92 bits per heavy atom. The van der Waals surface area contributed by atoms with Crippen LogP contribution in [0.5, 0.6) is 0 Å². The standard InChI is InChI=1S/C10H21NO/c1-2-8-3-5-9(6-4-8)10(11)7-12/h8-10,12H,2-7,11H2,1H3/t8?,9?,10-/m1/s1. The van der Waals surface area contributed by atoms with Crippen LogP contribution in [-0.2, 0) is 0 Å². The van der Waals surface area contributed by atoms with Crippen molar-refractivity contribution in [3.63, 3.8) is 0 Å². The minimum atomic E-state index is 0.0304. The van der Waals surface area contributed by atoms with Crippen molar-refractivity contribution >= 4 is 0 Å². The van der Waals surface area contributed by atoms with E-state index < -0.39 is 0 Å². The molecule has 0 aliphatic heterocycles. The molecule has 2 nitrogen and oxygen atoms in total. The summed E-state index contributed by atoms with van der Waals surface area (Å²) in [5.41, 5.74) is 5.78. The maximum Gasteiger partial charge on any atom is 0.0585 e. The highest BCUT2D eigenvalue weighted by atomic mass is 16.3. The maximum absolute atomic E-state index is 8.89. The van der Waals surface area contributed by atoms with Crippen LogP contribution in [0.1, 0.15) is 39.0 Å². The summed E-state index contributed by atoms with van der Waals surface area (Å²) in [5.74, 6) is 1.50. The van der Waals surface area contributed by atoms with Crippen molar-refractivity contribution in [1.29, 1.82) is 0 Å². The fourth-order valence-corrected chi connectivity index (χ4v) is 2.17. The largest absolute Gasteiger partial charge is 0.395 e. The second-order valence-corrected chi connectivity index (χ2v) is 4.04. The second kappa shape index (κ2) is 4.83. The Kier molecular flexibility index (Phi) is 4.02. The molecule has 0 aromatic heterocycles. The molecular formula is C10H21NO. The minimum Gasteiger partial charge on any atom is -0.395 e. The number of aliphatic hydroxyl groups excluding tert-OH is 1. The van der Waals surface area contributed by atoms with Crippen LogP contribution >= 0.6 is 0 Å². The highest BCUT2D eigenvalue weighted by Crippen LogP contribution is 2.31. The average Bonchev–Trinajstić information content (AvgIpc) is 2.17. The summed E-state index contributed by atoms with van der Waals surface area (Å²) in [7, 11) is 0. The summed E-state index contributed by atoms with van der Waals surface area (Å²) in [6, 6.07) is 0.0304. The van der Waals surface area contributed by atoms with Crippen molar-refractivity contribution in [2.75, 3.05) is 6.61 Å². The van der Waals surface area contributed by atoms with Crippen LogP contribution in [0.4, 0.5) is 0 Å². The molecule has 0 spiro atoms. The molecule has 3 N–H and O–H groups in total. The predicted molar refractivity (Wildman–Crippen MR) is 50.8 cm³/mol. The highest BCUT2D eigenvalue weighted by molar-refractivity contribution is 4.78. The molecule has 1 rings (SSSR count). The van der Waals surface area contributed by atoms with Gasteiger partial charge >= 0.3 is 0 Å². The van der Waals surface area contributed by atoms with Crippen molar-refractivity contribution in [2.45, 2.75) is 45.1 Å². The molecule has 0 bridgehead atoms. The topological polar surface area (TPSA) is 46.2 Å². The Morgan fingerprint density at radius 3 is 2.33 bits per heavy atom. The van der Waals surface area contributed by atoms with Gasteiger partial charge in [-0.15, -0.1) is 0 Å². The zero-order valence-electron chi connectivity index (χ0n) is 8.00. The van der Waals surface area contributed by atoms with E-state index in [-0.39, 0.29) is 12.6 Å². The minimum absolute atomic E-state index is 0.0304. The van der Waals surface area contributed by atoms with Crippen molar-refractivity contribution in [1.82, 2.24) is 0 Å². The van der Waals surface area contributed by atoms with Crippen LogP contribution in [0, 0.1) is 11.8 Å². The van der Waals surface area contributed by atoms with Gasteiger partial charge in [-0.2, -0.15) is 0 Å². The van der Waals surface area contributed by atoms with E-state index in [0.29, 0.717) is 5.92 Å². The summed E-state index contributed by atoms with van der Waals surface area (Å²) in [6.07, 6.45) is 6.38. The molecule has 1 aliphatic rings. The summed E-state index contributed by atoms with van der Waals surface area (Å²) in [4.78, 5) is 0. The number of hydrogen-bond donors (Lipinski definition) is 2. The lowest BCUT2D eigenvalue weighted by Gasteiger charge is -2.30. The monoisotopic (exact) mass is 171 g/mol. The van der Waals surface area contributed by atoms with Crippen molar-refractivity contribution in [3.05, 3.63) is 0 Å². The summed E-state index contributed by atoms with van der Waals surface area (Å²) in [6.45, 7) is 2.42. The van der Waals surface area contributed by atoms with E-state index in [1.165, 1.54) is 32.1 Å². The van der Waals surface area contributed by atoms with Crippen molar-refractivity contribution < 1.29 is 5.11 Å². The predicted octanol–water partition coefficient (Wildman–Crippen LogP) is 1.52. The first-order valence-corrected chi connectivity index (χ1v) is 5.14. The van der Waals surface area contributed by atoms with Gasteiger partial charge in [-0.3, -0.25) is 0 Å². The molecule has 1 aliphatic carbocycles. The molecule has 0 aromatic rings. The van der Waals surface area contributed by atoms with E-state index in [0.717, 1.165) is 5.92 Å². The van der Waals surface area contributed by atoms with E-state index in [1.54, 1.807) is 0 Å². The van der Waals surface area contributed by atoms with Crippen LogP contribution in [-0.4, -0.2) is 17.8 Å². The van der Waals surface area contributed by atoms with Gasteiger partial charge in [0.25, 0.3) is 0 Å². The first-order chi connectivity index (χ1) is 5.77. The van der Waals surface area contributed by atoms with E-state index in [9.17, 15) is 0 Å². The van der Waals surface area contributed by atoms with Gasteiger partial charge in [-0.25, -0.2) is 0 Å². The highest BCUT2D eigenvalue weighted by Gasteiger charge is 2.23. The van der Waals surface area contributed by atoms with Gasteiger partial charge in [0.15, 0.2) is 0 Å². The fraction of sp³-hybridized carbons (Fsp3) is 1.00. The van der Waals surface area contributed by atoms with Gasteiger partial charge < -0.3 is 10.8 Å². The van der Waals surface area contributed by atoms with Gasteiger partial charge in [0.1, 0.15) is 0 Å². The molecule has 0 heterocycles. The fourth-order valence-electron chi connectivity index (χ4n) is 2.17. The molecule has 1 saturated carbocycles. The molecule has 0 aromatic carbocycles. The second-order valence-electron chi connectivity index (χ2n) is 4.04. The molecule has 0 saturated heterocycles. The average molecular weight is 171 g/mol. The molecular weight excluding hydrogens is 150 g/mol. The molecule has 72 valence electrons. The van der Waals surface area contributed by atoms with Crippen LogP contribution in [0.25, 0.3) is 0 Å². The normalized spacial score (nSPS) is 33.2. The lowest BCUT2D eigenvalue weighted by molar-refractivity contribution is 0.176. The smallest absolute Gasteiger partial charge is 0.0585 e. The third kappa shape index (κ3) is 2.46. The lowest BCUT2D eigenvalue weighted by atomic mass is 9.78. The summed E-state index contributed by atoms with van der Waals surface area (Å²) < 4.78 is 0. The van der Waals surface area contributed by atoms with Crippen molar-refractivity contribution in [3.8, 4) is 0 Å². The summed E-state index contributed by atoms with van der Waals surface area (Å²) in [5, 5.41) is 8.89. The Morgan fingerprint density at radius 1 is 1.33 bits per heavy atom. The van der Waals surface area contributed by atoms with Gasteiger partial charge in [-0.05, 0) is 24.7 Å². The zero-order chi connectivity index (χ0) is 8.97. The van der Waals surface area contributed by atoms with E-state index in [4.69, 9.17) is 10.8 Å². The van der Waals surface area contributed by atoms with Crippen LogP contribution in [0.3, 0.4) is 0 Å². The quantitative estimate of drug-likeness (QED) is 0.676. The Balaban J connectivity index is 2.25. The van der Waals surface area contributed by atoms with Gasteiger partial charge in [0.2, 0.25) is 0 Å². The van der Waals surface area contributed by atoms with Crippen LogP contribution in [0.2, 0.25) is 0 Å². The van der Waals surface area contributed by atoms with Gasteiger partial charge in [0.05, 0.1) is 6.61 Å². The number of rotatable bonds is 3. The van der Waals surface area contributed by atoms with Crippen LogP contribution < -0.4 is 5.73 Å². The van der Waals surface area contributed by atoms with Gasteiger partial charge in [-0.1, -0.05) is 26.2 Å². The molecule has 0 amide bonds. The summed E-state index contributed by atoms with van der Waals surface area (Å²) >= 11 is 0. The van der Waals surface area contributed by atoms with Crippen molar-refractivity contribution in [2.24, 2.45) is 17.6 Å². The van der Waals surface area contributed by atoms with E-state index in [2.05, 4.69) is 6.92 Å². The molecule has 0 radical (unpaired) electrons. The number of aliphatic hydroxyl groups is 1. The first-order valence-electron chi connectivity index (χ1n) is 5.14. The molecule has 1 atom stereocenters. The Bertz CT molecular complexity index is 119. The molecule has 12 heavy (non-hydrogen) atoms. The lowest BCUT2D eigenvalue weighted by Crippen LogP contribution is -2.35. The SMILES string of the molecule is CCC1CCC([C@H](N)CO)CC1. The van der Waals surface area contributed by atoms with Gasteiger partial charge in [0, 0.05) is 6.04 Å². The zero-order valence-corrected chi connectivity index (χ0v) is 8.00. The van der Waals surface area contributed by atoms with E-state index >= 15 is 0 Å². The Hall–Kier alpha value is -0.0800. The van der Waals surface area contributed by atoms with Crippen LogP contribution in [0.15, 0.2) is 0 Å². The third-order valence-electron chi connectivity index (χ3n) is 3.29. The van der Waals surface area contributed by atoms with E-state index in [1.807, 2.05) is 0 Å². The molecule has 2 heteroatoms. The third-order valence-corrected chi connectivity index (χ3v) is 3.29. The molecule has 1 fully saturated rings. The number of hydrogen-bond acceptors (Lipinski definition) is 2. The molecule has 0 unspecified atom stereocenters. The first kappa shape index (κ1) is 10.0. The number of nitrogens with two attached hydrogens (primary N) is 1. The maximum atomic E-state index is 8.89. The Labute approximate surface area is 75.2 Å².